The Morgan fingerprint density at radius 3 is 0.863 bits per heavy atom. The van der Waals surface area contributed by atoms with Crippen molar-refractivity contribution in [3.05, 3.63) is 0 Å². The molecule has 15 heteroatoms. The average molecular weight is 1860 g/mol. The zero-order valence-electron chi connectivity index (χ0n) is 87.5. The molecule has 0 spiro atoms. The quantitative estimate of drug-likeness (QED) is 0.0517. The molecule has 1 unspecified atom stereocenters. The predicted octanol–water partition coefficient (Wildman–Crippen LogP) is 21.8. The number of Topliss-reactive ketones (excluding diaryl/α,β-unsaturated/α-hetero) is 1. The van der Waals surface area contributed by atoms with Crippen LogP contribution in [0.4, 0.5) is 0 Å². The molecule has 4 heterocycles. The van der Waals surface area contributed by atoms with Crippen molar-refractivity contribution in [2.24, 2.45) is 203 Å². The summed E-state index contributed by atoms with van der Waals surface area (Å²) < 4.78 is 21.7. The Hall–Kier alpha value is 0.360. The zero-order chi connectivity index (χ0) is 92.0. The van der Waals surface area contributed by atoms with Gasteiger partial charge in [-0.2, -0.15) is 0 Å². The summed E-state index contributed by atoms with van der Waals surface area (Å²) in [5, 5.41) is 67.1. The van der Waals surface area contributed by atoms with E-state index < -0.39 is 22.4 Å². The van der Waals surface area contributed by atoms with Crippen molar-refractivity contribution in [1.82, 2.24) is 0 Å². The minimum atomic E-state index is -0.404. The van der Waals surface area contributed by atoms with Gasteiger partial charge in [0.2, 0.25) is 0 Å². The first kappa shape index (κ1) is 107. The van der Waals surface area contributed by atoms with Crippen LogP contribution in [0, 0.1) is 203 Å². The maximum atomic E-state index is 13.4. The summed E-state index contributed by atoms with van der Waals surface area (Å²) in [5.41, 5.74) is 1.73. The largest absolute Gasteiger partial charge is 1.00 e. The molecule has 0 aromatic carbocycles. The molecule has 748 valence electrons. The molecule has 4 saturated heterocycles. The van der Waals surface area contributed by atoms with Gasteiger partial charge in [-0.25, -0.2) is 0 Å². The Kier molecular flexibility index (Phi) is 34.8. The fourth-order valence-corrected chi connectivity index (χ4v) is 40.1. The van der Waals surface area contributed by atoms with Crippen LogP contribution in [-0.2, 0) is 28.5 Å². The van der Waals surface area contributed by atoms with E-state index in [9.17, 15) is 40.2 Å². The molecule has 38 atom stereocenters. The molecule has 0 radical (unpaired) electrons. The van der Waals surface area contributed by atoms with E-state index in [4.69, 9.17) is 30.5 Å². The van der Waals surface area contributed by atoms with Crippen molar-refractivity contribution >= 4 is 41.0 Å². The van der Waals surface area contributed by atoms with Crippen LogP contribution in [0.1, 0.15) is 420 Å². The molecule has 20 fully saturated rings. The van der Waals surface area contributed by atoms with Gasteiger partial charge in [0.1, 0.15) is 12.1 Å². The number of aliphatic hydroxyl groups is 6. The third-order valence-electron chi connectivity index (χ3n) is 48.7. The number of fused-ring (bicyclic) bond motifs is 20. The van der Waals surface area contributed by atoms with E-state index >= 15 is 0 Å². The van der Waals surface area contributed by atoms with E-state index in [1.807, 2.05) is 0 Å². The van der Waals surface area contributed by atoms with E-state index in [0.29, 0.717) is 108 Å². The number of ketones is 1. The van der Waals surface area contributed by atoms with Crippen LogP contribution in [0.25, 0.3) is 0 Å². The fraction of sp³-hybridized carbons (Fsp3) is 0.983. The van der Waals surface area contributed by atoms with Crippen LogP contribution in [0.2, 0.25) is 0 Å². The molecule has 12 nitrogen and oxygen atoms in total. The van der Waals surface area contributed by atoms with Crippen LogP contribution in [0.5, 0.6) is 0 Å². The second-order valence-corrected chi connectivity index (χ2v) is 53.7. The number of halogens is 1. The van der Waals surface area contributed by atoms with Gasteiger partial charge in [0.15, 0.2) is 17.4 Å². The van der Waals surface area contributed by atoms with Crippen LogP contribution < -0.4 is 18.9 Å². The molecule has 0 aromatic heterocycles. The van der Waals surface area contributed by atoms with Crippen LogP contribution >= 0.6 is 11.6 Å². The van der Waals surface area contributed by atoms with Crippen molar-refractivity contribution in [1.29, 1.82) is 0 Å². The first-order chi connectivity index (χ1) is 61.3. The molecule has 20 aliphatic rings. The summed E-state index contributed by atoms with van der Waals surface area (Å²) in [4.78, 5) is 24.9. The number of aldehydes is 1. The van der Waals surface area contributed by atoms with E-state index in [0.717, 1.165) is 270 Å². The predicted molar refractivity (Wildman–Crippen MR) is 533 cm³/mol. The van der Waals surface area contributed by atoms with E-state index in [2.05, 4.69) is 111 Å². The molecule has 16 saturated carbocycles. The summed E-state index contributed by atoms with van der Waals surface area (Å²) >= 11 is 5.74. The summed E-state index contributed by atoms with van der Waals surface area (Å²) in [5.74, 6) is 18.5. The smallest absolute Gasteiger partial charge is 1.00 e. The third kappa shape index (κ3) is 20.2. The summed E-state index contributed by atoms with van der Waals surface area (Å²) in [6.07, 6.45) is 58.0. The van der Waals surface area contributed by atoms with Gasteiger partial charge in [-0.15, -0.1) is 11.6 Å². The zero-order valence-corrected chi connectivity index (χ0v) is 87.3. The Morgan fingerprint density at radius 2 is 0.588 bits per heavy atom. The third-order valence-corrected chi connectivity index (χ3v) is 49.2. The van der Waals surface area contributed by atoms with E-state index in [1.165, 1.54) is 186 Å². The first-order valence-corrected chi connectivity index (χ1v) is 57.0. The Labute approximate surface area is 829 Å². The molecule has 20 rings (SSSR count). The molecule has 0 aromatic rings. The van der Waals surface area contributed by atoms with Crippen molar-refractivity contribution < 1.29 is 79.5 Å². The van der Waals surface area contributed by atoms with Crippen LogP contribution in [0.3, 0.4) is 0 Å². The Morgan fingerprint density at radius 1 is 0.336 bits per heavy atom. The number of carbonyl (C=O) groups excluding carboxylic acids is 2. The Bertz CT molecular complexity index is 3570. The van der Waals surface area contributed by atoms with Gasteiger partial charge in [-0.3, -0.25) is 4.79 Å². The molecule has 4 aliphatic heterocycles. The summed E-state index contributed by atoms with van der Waals surface area (Å²) in [6, 6.07) is 0. The molecule has 16 aliphatic carbocycles. The van der Waals surface area contributed by atoms with Gasteiger partial charge in [-0.1, -0.05) is 111 Å². The second kappa shape index (κ2) is 42.6. The van der Waals surface area contributed by atoms with E-state index in [1.54, 1.807) is 0 Å². The van der Waals surface area contributed by atoms with Crippen LogP contribution in [0.15, 0.2) is 0 Å². The molecular formula is C116H201AlClLiO12. The number of hydrogen-bond donors (Lipinski definition) is 6. The number of ether oxygens (including phenoxy) is 4. The molecular weight excluding hydrogens is 1650 g/mol. The van der Waals surface area contributed by atoms with Crippen LogP contribution in [-0.4, -0.2) is 153 Å². The normalized spacial score (nSPS) is 49.6. The van der Waals surface area contributed by atoms with E-state index in [-0.39, 0.29) is 67.6 Å². The maximum absolute atomic E-state index is 13.4. The summed E-state index contributed by atoms with van der Waals surface area (Å²) in [7, 11) is 0. The van der Waals surface area contributed by atoms with Crippen molar-refractivity contribution in [3.63, 3.8) is 0 Å². The van der Waals surface area contributed by atoms with Crippen molar-refractivity contribution in [2.75, 3.05) is 52.9 Å². The standard InChI is InChI=1S/2C29H50O3.C29H48O3.C24H40O2.C5H9ClO.Al.Li.4H/c3*1-5-29(31)15-14-27(3)21(18-29)6-7-22-24-9-8-23(28(24,4)13-10-25(22)27)19(2)26(30)20-11-16-32-17-12-20;1-5-24(26)13-12-22(3)17(14-24)6-7-18-20-9-8-19(16(2)15-25)23(20,4)11-10-21(18)22;6-5-1-3-7-4-2-5;;;;;;/h2*19-26,30-31H,5-18H2,1-4H3;19-25,31H,5-18H2,1-4H3;15-21,26H,5-14H2,1-4H3;5H,1-4H2;;;;;;/q;;;;;;+1;;;;-1/t19-,21-,22-,23+,24-,25-,26?,27-,28+,29-;19-,21-,22-,23+,24-,25-,26+,27-,28+,29-;19-,21-,22-,23+,24-,25-,27-,28+,29-;16-,17+,18+,19-,20+,21+,22+,23-,24+;;;;;;;/m0001......./s1. The maximum Gasteiger partial charge on any atom is 1.00 e. The Balaban J connectivity index is 0.000000145. The monoisotopic (exact) mass is 1860 g/mol. The van der Waals surface area contributed by atoms with Gasteiger partial charge in [0, 0.05) is 76.0 Å². The number of carbonyl (C=O) groups is 2. The number of alkyl halides is 1. The van der Waals surface area contributed by atoms with Gasteiger partial charge in [-0.05, 0) is 494 Å². The number of hydrogen-bond acceptors (Lipinski definition) is 12. The molecule has 6 N–H and O–H groups in total. The van der Waals surface area contributed by atoms with Gasteiger partial charge < -0.3 is 55.8 Å². The van der Waals surface area contributed by atoms with Crippen molar-refractivity contribution in [2.45, 2.75) is 459 Å². The SMILES string of the molecule is CC[C@]1(O)CC[C@@]2(C)[C@@H](CC[C@@H]3[C@@H]2CC[C@]2(C)[C@@H]([C@H](C)C(=O)C4CCOCC4)CC[C@@H]32)C1.CC[C@]1(O)CC[C@@]2(C)[C@@H](CC[C@@H]3[C@@H]2CC[C@]2(C)[C@@H]([C@H](C)C(O)C4CCOCC4)CC[C@@H]32)C1.CC[C@]1(O)CC[C@@]2(C)[C@@H](CC[C@@H]3[C@@H]2CC[C@]2(C)[C@@H]([C@H](C)C=O)CC[C@@H]32)C1.CC[C@]1(O)CC[C@@]2(C)[C@@H](CC[C@@H]3[C@@H]2CC[C@]2(C)[C@@H]([C@H](C)[C@@H](O)C4CCOCC4)CC[C@@H]32)C1.ClC1CCOCC1.[AlH3].[H-].[Li+]. The minimum absolute atomic E-state index is 0. The number of aliphatic hydroxyl groups excluding tert-OH is 2. The average Bonchev–Trinajstić information content (AvgIpc) is 1.55. The van der Waals surface area contributed by atoms with Gasteiger partial charge in [0.25, 0.3) is 0 Å². The molecule has 0 amide bonds. The fourth-order valence-electron chi connectivity index (χ4n) is 39.9. The van der Waals surface area contributed by atoms with Crippen molar-refractivity contribution in [3.8, 4) is 0 Å². The topological polar surface area (TPSA) is 192 Å². The summed E-state index contributed by atoms with van der Waals surface area (Å²) in [6.45, 7) is 45.1. The molecule has 0 bridgehead atoms. The first-order valence-electron chi connectivity index (χ1n) is 56.5. The van der Waals surface area contributed by atoms with Gasteiger partial charge in [0.05, 0.1) is 34.6 Å². The van der Waals surface area contributed by atoms with Gasteiger partial charge >= 0.3 is 18.9 Å². The minimum Gasteiger partial charge on any atom is -1.00 e. The second-order valence-electron chi connectivity index (χ2n) is 53.1. The number of rotatable bonds is 15. The molecule has 131 heavy (non-hydrogen) atoms.